The van der Waals surface area contributed by atoms with E-state index in [4.69, 9.17) is 5.11 Å². The molecule has 0 aliphatic heterocycles. The number of aromatic nitrogens is 3. The van der Waals surface area contributed by atoms with Crippen molar-refractivity contribution in [1.29, 1.82) is 0 Å². The van der Waals surface area contributed by atoms with Crippen LogP contribution in [0.5, 0.6) is 0 Å². The Labute approximate surface area is 110 Å². The lowest BCUT2D eigenvalue weighted by Gasteiger charge is -2.35. The average Bonchev–Trinajstić information content (AvgIpc) is 2.81. The number of carboxylic acid groups (broad SMARTS) is 1. The highest BCUT2D eigenvalue weighted by atomic mass is 16.4. The highest BCUT2D eigenvalue weighted by Crippen LogP contribution is 2.42. The van der Waals surface area contributed by atoms with Crippen LogP contribution in [0.2, 0.25) is 0 Å². The number of carboxylic acids is 1. The molecular formula is C12H18N4O3. The van der Waals surface area contributed by atoms with Gasteiger partial charge in [-0.15, -0.1) is 0 Å². The van der Waals surface area contributed by atoms with Crippen molar-refractivity contribution in [3.05, 3.63) is 6.33 Å². The second-order valence-electron chi connectivity index (χ2n) is 5.19. The van der Waals surface area contributed by atoms with Crippen molar-refractivity contribution < 1.29 is 14.7 Å². The Morgan fingerprint density at radius 1 is 1.32 bits per heavy atom. The SMILES string of the molecule is O=C(O)CC1(CC(=O)Nc2ncn[nH]2)CCCCC1. The number of nitrogens with one attached hydrogen (secondary N) is 2. The molecule has 1 fully saturated rings. The molecule has 1 amide bonds. The summed E-state index contributed by atoms with van der Waals surface area (Å²) in [5.74, 6) is -0.749. The lowest BCUT2D eigenvalue weighted by atomic mass is 9.69. The third-order valence-corrected chi connectivity index (χ3v) is 3.65. The number of aliphatic carboxylic acids is 1. The molecule has 1 aliphatic carbocycles. The molecule has 7 heteroatoms. The van der Waals surface area contributed by atoms with Crippen LogP contribution < -0.4 is 5.32 Å². The lowest BCUT2D eigenvalue weighted by molar-refractivity contribution is -0.140. The minimum absolute atomic E-state index is 0.0524. The fraction of sp³-hybridized carbons (Fsp3) is 0.667. The van der Waals surface area contributed by atoms with Gasteiger partial charge < -0.3 is 5.11 Å². The van der Waals surface area contributed by atoms with Crippen LogP contribution in [0.1, 0.15) is 44.9 Å². The lowest BCUT2D eigenvalue weighted by Crippen LogP contribution is -2.32. The van der Waals surface area contributed by atoms with Gasteiger partial charge in [-0.1, -0.05) is 19.3 Å². The van der Waals surface area contributed by atoms with E-state index in [1.807, 2.05) is 0 Å². The van der Waals surface area contributed by atoms with Gasteiger partial charge in [0, 0.05) is 6.42 Å². The second-order valence-corrected chi connectivity index (χ2v) is 5.19. The van der Waals surface area contributed by atoms with Crippen LogP contribution in [-0.2, 0) is 9.59 Å². The first-order valence-electron chi connectivity index (χ1n) is 6.47. The molecule has 104 valence electrons. The Kier molecular flexibility index (Phi) is 4.13. The Hall–Kier alpha value is -1.92. The van der Waals surface area contributed by atoms with Crippen molar-refractivity contribution >= 4 is 17.8 Å². The van der Waals surface area contributed by atoms with Crippen molar-refractivity contribution in [1.82, 2.24) is 15.2 Å². The van der Waals surface area contributed by atoms with Crippen molar-refractivity contribution in [2.45, 2.75) is 44.9 Å². The number of hydrogen-bond acceptors (Lipinski definition) is 4. The number of rotatable bonds is 5. The van der Waals surface area contributed by atoms with Gasteiger partial charge in [0.15, 0.2) is 0 Å². The molecule has 7 nitrogen and oxygen atoms in total. The summed E-state index contributed by atoms with van der Waals surface area (Å²) in [5, 5.41) is 17.8. The van der Waals surface area contributed by atoms with Crippen molar-refractivity contribution in [3.8, 4) is 0 Å². The normalized spacial score (nSPS) is 17.9. The van der Waals surface area contributed by atoms with E-state index < -0.39 is 11.4 Å². The fourth-order valence-corrected chi connectivity index (χ4v) is 2.82. The maximum absolute atomic E-state index is 12.0. The standard InChI is InChI=1S/C12H18N4O3/c17-9(15-11-13-8-14-16-11)6-12(7-10(18)19)4-2-1-3-5-12/h8H,1-7H2,(H,18,19)(H2,13,14,15,16,17). The topological polar surface area (TPSA) is 108 Å². The van der Waals surface area contributed by atoms with E-state index in [-0.39, 0.29) is 18.7 Å². The first kappa shape index (κ1) is 13.5. The molecule has 0 atom stereocenters. The number of nitrogens with zero attached hydrogens (tertiary/aromatic N) is 2. The van der Waals surface area contributed by atoms with E-state index >= 15 is 0 Å². The number of H-pyrrole nitrogens is 1. The molecule has 0 spiro atoms. The number of aromatic amines is 1. The highest BCUT2D eigenvalue weighted by molar-refractivity contribution is 5.89. The molecular weight excluding hydrogens is 248 g/mol. The molecule has 0 bridgehead atoms. The monoisotopic (exact) mass is 266 g/mol. The average molecular weight is 266 g/mol. The Morgan fingerprint density at radius 3 is 2.63 bits per heavy atom. The zero-order chi connectivity index (χ0) is 13.7. The van der Waals surface area contributed by atoms with Crippen molar-refractivity contribution in [2.75, 3.05) is 5.32 Å². The molecule has 1 aromatic heterocycles. The van der Waals surface area contributed by atoms with Crippen LogP contribution in [0.15, 0.2) is 6.33 Å². The molecule has 0 saturated heterocycles. The molecule has 1 aliphatic rings. The van der Waals surface area contributed by atoms with Crippen LogP contribution in [0, 0.1) is 5.41 Å². The molecule has 0 aromatic carbocycles. The zero-order valence-electron chi connectivity index (χ0n) is 10.7. The van der Waals surface area contributed by atoms with Crippen LogP contribution in [0.4, 0.5) is 5.95 Å². The van der Waals surface area contributed by atoms with Crippen LogP contribution in [0.3, 0.4) is 0 Å². The summed E-state index contributed by atoms with van der Waals surface area (Å²) in [6.07, 6.45) is 6.27. The molecule has 0 unspecified atom stereocenters. The van der Waals surface area contributed by atoms with Crippen LogP contribution in [0.25, 0.3) is 0 Å². The van der Waals surface area contributed by atoms with Gasteiger partial charge >= 0.3 is 5.97 Å². The number of carbonyl (C=O) groups is 2. The second kappa shape index (κ2) is 5.81. The molecule has 0 radical (unpaired) electrons. The number of carbonyl (C=O) groups excluding carboxylic acids is 1. The highest BCUT2D eigenvalue weighted by Gasteiger charge is 2.36. The van der Waals surface area contributed by atoms with Gasteiger partial charge in [0.2, 0.25) is 11.9 Å². The van der Waals surface area contributed by atoms with Gasteiger partial charge in [-0.05, 0) is 18.3 Å². The molecule has 1 aromatic rings. The maximum atomic E-state index is 12.0. The van der Waals surface area contributed by atoms with Gasteiger partial charge in [-0.2, -0.15) is 10.1 Å². The maximum Gasteiger partial charge on any atom is 0.303 e. The summed E-state index contributed by atoms with van der Waals surface area (Å²) in [4.78, 5) is 26.8. The molecule has 19 heavy (non-hydrogen) atoms. The van der Waals surface area contributed by atoms with E-state index in [0.717, 1.165) is 32.1 Å². The van der Waals surface area contributed by atoms with E-state index in [2.05, 4.69) is 20.5 Å². The first-order chi connectivity index (χ1) is 9.10. The molecule has 3 N–H and O–H groups in total. The molecule has 1 saturated carbocycles. The Balaban J connectivity index is 1.98. The van der Waals surface area contributed by atoms with Gasteiger partial charge in [0.25, 0.3) is 0 Å². The molecule has 2 rings (SSSR count). The summed E-state index contributed by atoms with van der Waals surface area (Å²) in [7, 11) is 0. The van der Waals surface area contributed by atoms with E-state index in [1.54, 1.807) is 0 Å². The largest absolute Gasteiger partial charge is 0.481 e. The minimum atomic E-state index is -0.839. The summed E-state index contributed by atoms with van der Waals surface area (Å²) in [6.45, 7) is 0. The van der Waals surface area contributed by atoms with Crippen LogP contribution in [-0.4, -0.2) is 32.2 Å². The minimum Gasteiger partial charge on any atom is -0.481 e. The third kappa shape index (κ3) is 3.77. The van der Waals surface area contributed by atoms with Gasteiger partial charge in [0.05, 0.1) is 6.42 Å². The van der Waals surface area contributed by atoms with Crippen molar-refractivity contribution in [3.63, 3.8) is 0 Å². The van der Waals surface area contributed by atoms with Crippen LogP contribution >= 0.6 is 0 Å². The number of anilines is 1. The summed E-state index contributed by atoms with van der Waals surface area (Å²) in [5.41, 5.74) is -0.409. The number of amides is 1. The Morgan fingerprint density at radius 2 is 2.05 bits per heavy atom. The summed E-state index contributed by atoms with van der Waals surface area (Å²) in [6, 6.07) is 0. The first-order valence-corrected chi connectivity index (χ1v) is 6.47. The third-order valence-electron chi connectivity index (χ3n) is 3.65. The predicted molar refractivity (Wildman–Crippen MR) is 67.4 cm³/mol. The predicted octanol–water partition coefficient (Wildman–Crippen LogP) is 1.56. The Bertz CT molecular complexity index is 438. The van der Waals surface area contributed by atoms with Gasteiger partial charge in [-0.3, -0.25) is 14.9 Å². The van der Waals surface area contributed by atoms with Gasteiger partial charge in [0.1, 0.15) is 6.33 Å². The summed E-state index contributed by atoms with van der Waals surface area (Å²) < 4.78 is 0. The zero-order valence-corrected chi connectivity index (χ0v) is 10.7. The number of hydrogen-bond donors (Lipinski definition) is 3. The fourth-order valence-electron chi connectivity index (χ4n) is 2.82. The molecule has 1 heterocycles. The van der Waals surface area contributed by atoms with E-state index in [0.29, 0.717) is 5.95 Å². The smallest absolute Gasteiger partial charge is 0.303 e. The van der Waals surface area contributed by atoms with Gasteiger partial charge in [-0.25, -0.2) is 5.10 Å². The quantitative estimate of drug-likeness (QED) is 0.749. The van der Waals surface area contributed by atoms with E-state index in [1.165, 1.54) is 6.33 Å². The van der Waals surface area contributed by atoms with Crippen molar-refractivity contribution in [2.24, 2.45) is 5.41 Å². The van der Waals surface area contributed by atoms with E-state index in [9.17, 15) is 9.59 Å². The summed E-state index contributed by atoms with van der Waals surface area (Å²) >= 11 is 0.